The Labute approximate surface area is 139 Å². The number of H-pyrrole nitrogens is 1. The molecular weight excluding hydrogens is 336 g/mol. The molecule has 0 aliphatic carbocycles. The lowest BCUT2D eigenvalue weighted by molar-refractivity contribution is 0.0966. The largest absolute Gasteiger partial charge is 0.354 e. The van der Waals surface area contributed by atoms with Crippen molar-refractivity contribution in [3.05, 3.63) is 62.0 Å². The van der Waals surface area contributed by atoms with Crippen molar-refractivity contribution < 1.29 is 13.6 Å². The van der Waals surface area contributed by atoms with Gasteiger partial charge in [-0.3, -0.25) is 9.59 Å². The maximum Gasteiger partial charge on any atom is 0.261 e. The molecule has 24 heavy (non-hydrogen) atoms. The Kier molecular flexibility index (Phi) is 4.15. The third-order valence-corrected chi connectivity index (χ3v) is 4.76. The van der Waals surface area contributed by atoms with E-state index >= 15 is 0 Å². The van der Waals surface area contributed by atoms with E-state index in [2.05, 4.69) is 15.3 Å². The van der Waals surface area contributed by atoms with Crippen molar-refractivity contribution in [3.63, 3.8) is 0 Å². The molecule has 5 nitrogen and oxygen atoms in total. The molecule has 0 aliphatic heterocycles. The average molecular weight is 349 g/mol. The van der Waals surface area contributed by atoms with E-state index in [1.807, 2.05) is 0 Å². The van der Waals surface area contributed by atoms with E-state index in [1.165, 1.54) is 19.2 Å². The molecule has 8 heteroatoms. The summed E-state index contributed by atoms with van der Waals surface area (Å²) in [5.74, 6) is -1.39. The standard InChI is InChI=1S/C16H13F2N3O2S/c1-7-12-14(22)20-11(5-8-3-9(17)6-10(18)4-8)21-16(12)24-13(7)15(23)19-2/h3-4,6H,5H2,1-2H3,(H,19,23)(H,20,21,22). The molecule has 0 fully saturated rings. The van der Waals surface area contributed by atoms with Crippen molar-refractivity contribution in [2.45, 2.75) is 13.3 Å². The Morgan fingerprint density at radius 1 is 1.29 bits per heavy atom. The zero-order valence-electron chi connectivity index (χ0n) is 12.9. The van der Waals surface area contributed by atoms with Crippen LogP contribution >= 0.6 is 11.3 Å². The first-order valence-corrected chi connectivity index (χ1v) is 7.90. The highest BCUT2D eigenvalue weighted by Crippen LogP contribution is 2.27. The van der Waals surface area contributed by atoms with Crippen LogP contribution in [-0.2, 0) is 6.42 Å². The molecule has 0 saturated heterocycles. The summed E-state index contributed by atoms with van der Waals surface area (Å²) < 4.78 is 26.5. The Bertz CT molecular complexity index is 990. The number of halogens is 2. The number of aromatic nitrogens is 2. The monoisotopic (exact) mass is 349 g/mol. The summed E-state index contributed by atoms with van der Waals surface area (Å²) in [6, 6.07) is 3.15. The van der Waals surface area contributed by atoms with Gasteiger partial charge in [-0.05, 0) is 30.2 Å². The topological polar surface area (TPSA) is 74.8 Å². The molecule has 2 heterocycles. The van der Waals surface area contributed by atoms with Crippen molar-refractivity contribution in [3.8, 4) is 0 Å². The first-order chi connectivity index (χ1) is 11.4. The second kappa shape index (κ2) is 6.12. The van der Waals surface area contributed by atoms with Crippen LogP contribution in [0.5, 0.6) is 0 Å². The van der Waals surface area contributed by atoms with Gasteiger partial charge in [-0.1, -0.05) is 0 Å². The number of fused-ring (bicyclic) bond motifs is 1. The molecule has 0 saturated carbocycles. The number of carbonyl (C=O) groups excluding carboxylic acids is 1. The molecule has 0 unspecified atom stereocenters. The van der Waals surface area contributed by atoms with E-state index in [4.69, 9.17) is 0 Å². The van der Waals surface area contributed by atoms with Crippen LogP contribution in [0.2, 0.25) is 0 Å². The van der Waals surface area contributed by atoms with Gasteiger partial charge in [0.25, 0.3) is 11.5 Å². The fourth-order valence-electron chi connectivity index (χ4n) is 2.51. The number of hydrogen-bond donors (Lipinski definition) is 2. The number of carbonyl (C=O) groups is 1. The molecule has 2 aromatic heterocycles. The number of thiophene rings is 1. The van der Waals surface area contributed by atoms with Gasteiger partial charge >= 0.3 is 0 Å². The van der Waals surface area contributed by atoms with E-state index in [9.17, 15) is 18.4 Å². The van der Waals surface area contributed by atoms with Gasteiger partial charge in [-0.15, -0.1) is 11.3 Å². The minimum atomic E-state index is -0.692. The van der Waals surface area contributed by atoms with E-state index < -0.39 is 11.6 Å². The van der Waals surface area contributed by atoms with Crippen LogP contribution in [0.15, 0.2) is 23.0 Å². The minimum absolute atomic E-state index is 0.0755. The SMILES string of the molecule is CNC(=O)c1sc2nc(Cc3cc(F)cc(F)c3)[nH]c(=O)c2c1C. The number of rotatable bonds is 3. The Morgan fingerprint density at radius 2 is 1.96 bits per heavy atom. The van der Waals surface area contributed by atoms with Crippen molar-refractivity contribution in [1.82, 2.24) is 15.3 Å². The smallest absolute Gasteiger partial charge is 0.261 e. The van der Waals surface area contributed by atoms with Gasteiger partial charge in [0.2, 0.25) is 0 Å². The fraction of sp³-hybridized carbons (Fsp3) is 0.188. The van der Waals surface area contributed by atoms with Crippen LogP contribution in [0.4, 0.5) is 8.78 Å². The van der Waals surface area contributed by atoms with Crippen LogP contribution in [0.3, 0.4) is 0 Å². The number of amides is 1. The summed E-state index contributed by atoms with van der Waals surface area (Å²) in [5, 5.41) is 2.87. The predicted octanol–water partition coefficient (Wildman–Crippen LogP) is 2.52. The summed E-state index contributed by atoms with van der Waals surface area (Å²) in [6.45, 7) is 1.68. The fourth-order valence-corrected chi connectivity index (χ4v) is 3.66. The number of benzene rings is 1. The molecule has 1 amide bonds. The highest BCUT2D eigenvalue weighted by Gasteiger charge is 2.18. The summed E-state index contributed by atoms with van der Waals surface area (Å²) in [7, 11) is 1.51. The molecule has 0 spiro atoms. The molecule has 0 radical (unpaired) electrons. The number of nitrogens with one attached hydrogen (secondary N) is 2. The zero-order chi connectivity index (χ0) is 17.4. The van der Waals surface area contributed by atoms with Gasteiger partial charge in [0.1, 0.15) is 22.3 Å². The lowest BCUT2D eigenvalue weighted by atomic mass is 10.1. The van der Waals surface area contributed by atoms with Gasteiger partial charge in [-0.2, -0.15) is 0 Å². The molecule has 3 rings (SSSR count). The molecule has 0 atom stereocenters. The second-order valence-electron chi connectivity index (χ2n) is 5.28. The van der Waals surface area contributed by atoms with Gasteiger partial charge in [0.15, 0.2) is 0 Å². The van der Waals surface area contributed by atoms with Crippen molar-refractivity contribution in [1.29, 1.82) is 0 Å². The second-order valence-corrected chi connectivity index (χ2v) is 6.28. The third kappa shape index (κ3) is 2.92. The molecule has 1 aromatic carbocycles. The van der Waals surface area contributed by atoms with Gasteiger partial charge in [0.05, 0.1) is 10.3 Å². The quantitative estimate of drug-likeness (QED) is 0.763. The maximum atomic E-state index is 13.3. The third-order valence-electron chi connectivity index (χ3n) is 3.58. The zero-order valence-corrected chi connectivity index (χ0v) is 13.7. The lowest BCUT2D eigenvalue weighted by Crippen LogP contribution is -2.17. The summed E-state index contributed by atoms with van der Waals surface area (Å²) >= 11 is 1.11. The van der Waals surface area contributed by atoms with Crippen molar-refractivity contribution >= 4 is 27.5 Å². The lowest BCUT2D eigenvalue weighted by Gasteiger charge is -2.02. The highest BCUT2D eigenvalue weighted by atomic mass is 32.1. The van der Waals surface area contributed by atoms with E-state index in [0.717, 1.165) is 17.4 Å². The van der Waals surface area contributed by atoms with Crippen LogP contribution in [0.25, 0.3) is 10.2 Å². The van der Waals surface area contributed by atoms with Crippen molar-refractivity contribution in [2.24, 2.45) is 0 Å². The Morgan fingerprint density at radius 3 is 2.58 bits per heavy atom. The van der Waals surface area contributed by atoms with Crippen LogP contribution in [0, 0.1) is 18.6 Å². The first-order valence-electron chi connectivity index (χ1n) is 7.08. The maximum absolute atomic E-state index is 13.3. The molecule has 124 valence electrons. The van der Waals surface area contributed by atoms with E-state index in [0.29, 0.717) is 26.2 Å². The van der Waals surface area contributed by atoms with Crippen molar-refractivity contribution in [2.75, 3.05) is 7.05 Å². The summed E-state index contributed by atoms with van der Waals surface area (Å²) in [5.41, 5.74) is 0.539. The first kappa shape index (κ1) is 16.3. The highest BCUT2D eigenvalue weighted by molar-refractivity contribution is 7.20. The summed E-state index contributed by atoms with van der Waals surface area (Å²) in [6.07, 6.45) is 0.0755. The van der Waals surface area contributed by atoms with Gasteiger partial charge < -0.3 is 10.3 Å². The normalized spacial score (nSPS) is 11.0. The van der Waals surface area contributed by atoms with Crippen LogP contribution in [0.1, 0.15) is 26.6 Å². The van der Waals surface area contributed by atoms with Gasteiger partial charge in [0, 0.05) is 19.5 Å². The van der Waals surface area contributed by atoms with Crippen LogP contribution < -0.4 is 10.9 Å². The number of aryl methyl sites for hydroxylation is 1. The number of aromatic amines is 1. The molecule has 3 aromatic rings. The molecular formula is C16H13F2N3O2S. The molecule has 0 bridgehead atoms. The average Bonchev–Trinajstić information content (AvgIpc) is 2.82. The Balaban J connectivity index is 2.07. The van der Waals surface area contributed by atoms with Crippen LogP contribution in [-0.4, -0.2) is 22.9 Å². The predicted molar refractivity (Wildman–Crippen MR) is 87.5 cm³/mol. The summed E-state index contributed by atoms with van der Waals surface area (Å²) in [4.78, 5) is 31.9. The van der Waals surface area contributed by atoms with E-state index in [1.54, 1.807) is 6.92 Å². The molecule has 0 aliphatic rings. The van der Waals surface area contributed by atoms with E-state index in [-0.39, 0.29) is 23.7 Å². The Hall–Kier alpha value is -2.61. The molecule has 2 N–H and O–H groups in total. The number of hydrogen-bond acceptors (Lipinski definition) is 4. The minimum Gasteiger partial charge on any atom is -0.354 e. The van der Waals surface area contributed by atoms with Gasteiger partial charge in [-0.25, -0.2) is 13.8 Å². The number of nitrogens with zero attached hydrogens (tertiary/aromatic N) is 1.